The molecule has 0 saturated carbocycles. The van der Waals surface area contributed by atoms with Gasteiger partial charge in [-0.25, -0.2) is 14.6 Å². The maximum atomic E-state index is 12.4. The first-order valence-corrected chi connectivity index (χ1v) is 11.0. The lowest BCUT2D eigenvalue weighted by Crippen LogP contribution is -2.24. The topological polar surface area (TPSA) is 77.6 Å². The molecule has 158 valence electrons. The highest BCUT2D eigenvalue weighted by Crippen LogP contribution is 2.23. The first-order valence-electron chi connectivity index (χ1n) is 9.99. The predicted molar refractivity (Wildman–Crippen MR) is 121 cm³/mol. The molecule has 31 heavy (non-hydrogen) atoms. The van der Waals surface area contributed by atoms with Gasteiger partial charge in [0.25, 0.3) is 0 Å². The molecule has 0 radical (unpaired) electrons. The second-order valence-electron chi connectivity index (χ2n) is 7.34. The molecule has 4 aromatic rings. The summed E-state index contributed by atoms with van der Waals surface area (Å²) >= 11 is 1.44. The van der Waals surface area contributed by atoms with Crippen LogP contribution in [0.4, 0.5) is 0 Å². The molecule has 2 heterocycles. The zero-order valence-corrected chi connectivity index (χ0v) is 18.3. The van der Waals surface area contributed by atoms with Gasteiger partial charge in [0.05, 0.1) is 18.0 Å². The molecule has 0 unspecified atom stereocenters. The number of thioether (sulfide) groups is 1. The van der Waals surface area contributed by atoms with Crippen LogP contribution in [0.3, 0.4) is 0 Å². The lowest BCUT2D eigenvalue weighted by Gasteiger charge is -2.11. The summed E-state index contributed by atoms with van der Waals surface area (Å²) in [4.78, 5) is 20.7. The minimum Gasteiger partial charge on any atom is -0.351 e. The summed E-state index contributed by atoms with van der Waals surface area (Å²) in [6, 6.07) is 14.4. The standard InChI is InChI=1S/C23H24N6OS/c1-17-3-4-18(2)21(11-17)29-10-9-25-23(29)31-14-22(30)26-12-19-5-7-20(8-6-19)13-28-16-24-15-27-28/h3-11,15-16H,12-14H2,1-2H3,(H,26,30). The smallest absolute Gasteiger partial charge is 0.230 e. The Labute approximate surface area is 185 Å². The maximum absolute atomic E-state index is 12.4. The Morgan fingerprint density at radius 2 is 1.90 bits per heavy atom. The number of amides is 1. The van der Waals surface area contributed by atoms with Gasteiger partial charge in [0.1, 0.15) is 12.7 Å². The Morgan fingerprint density at radius 1 is 1.10 bits per heavy atom. The number of hydrogen-bond donors (Lipinski definition) is 1. The van der Waals surface area contributed by atoms with Gasteiger partial charge in [0.2, 0.25) is 5.91 Å². The number of hydrogen-bond acceptors (Lipinski definition) is 5. The highest BCUT2D eigenvalue weighted by Gasteiger charge is 2.11. The second kappa shape index (κ2) is 9.61. The number of carbonyl (C=O) groups is 1. The minimum atomic E-state index is -0.0211. The van der Waals surface area contributed by atoms with E-state index in [0.29, 0.717) is 18.8 Å². The summed E-state index contributed by atoms with van der Waals surface area (Å²) < 4.78 is 3.81. The average Bonchev–Trinajstić information content (AvgIpc) is 3.45. The number of aromatic nitrogens is 5. The largest absolute Gasteiger partial charge is 0.351 e. The second-order valence-corrected chi connectivity index (χ2v) is 8.29. The quantitative estimate of drug-likeness (QED) is 0.431. The van der Waals surface area contributed by atoms with E-state index in [0.717, 1.165) is 22.0 Å². The van der Waals surface area contributed by atoms with Crippen LogP contribution in [0.1, 0.15) is 22.3 Å². The Bertz CT molecular complexity index is 1150. The van der Waals surface area contributed by atoms with Crippen LogP contribution in [-0.4, -0.2) is 36.0 Å². The van der Waals surface area contributed by atoms with Crippen molar-refractivity contribution in [3.05, 3.63) is 89.8 Å². The molecule has 0 atom stereocenters. The van der Waals surface area contributed by atoms with Crippen LogP contribution in [0, 0.1) is 13.8 Å². The van der Waals surface area contributed by atoms with Crippen molar-refractivity contribution in [3.63, 3.8) is 0 Å². The van der Waals surface area contributed by atoms with Crippen LogP contribution in [0.25, 0.3) is 5.69 Å². The first kappa shape index (κ1) is 20.9. The van der Waals surface area contributed by atoms with Crippen molar-refractivity contribution < 1.29 is 4.79 Å². The number of benzene rings is 2. The summed E-state index contributed by atoms with van der Waals surface area (Å²) in [5.74, 6) is 0.291. The van der Waals surface area contributed by atoms with E-state index in [1.807, 2.05) is 35.0 Å². The van der Waals surface area contributed by atoms with E-state index in [9.17, 15) is 4.79 Å². The molecule has 4 rings (SSSR count). The Kier molecular flexibility index (Phi) is 6.47. The molecule has 0 aliphatic heterocycles. The molecule has 0 spiro atoms. The normalized spacial score (nSPS) is 10.9. The maximum Gasteiger partial charge on any atom is 0.230 e. The van der Waals surface area contributed by atoms with Crippen LogP contribution in [-0.2, 0) is 17.9 Å². The molecule has 1 amide bonds. The van der Waals surface area contributed by atoms with E-state index < -0.39 is 0 Å². The van der Waals surface area contributed by atoms with Crippen LogP contribution < -0.4 is 5.32 Å². The zero-order chi connectivity index (χ0) is 21.6. The molecule has 2 aromatic heterocycles. The predicted octanol–water partition coefficient (Wildman–Crippen LogP) is 3.54. The SMILES string of the molecule is Cc1ccc(C)c(-n2ccnc2SCC(=O)NCc2ccc(Cn3cncn3)cc2)c1. The van der Waals surface area contributed by atoms with Crippen molar-refractivity contribution in [2.24, 2.45) is 0 Å². The fourth-order valence-electron chi connectivity index (χ4n) is 3.20. The third kappa shape index (κ3) is 5.40. The van der Waals surface area contributed by atoms with Gasteiger partial charge in [0.15, 0.2) is 5.16 Å². The van der Waals surface area contributed by atoms with Crippen molar-refractivity contribution in [1.82, 2.24) is 29.6 Å². The van der Waals surface area contributed by atoms with E-state index >= 15 is 0 Å². The van der Waals surface area contributed by atoms with Gasteiger partial charge in [-0.05, 0) is 42.2 Å². The lowest BCUT2D eigenvalue weighted by molar-refractivity contribution is -0.118. The van der Waals surface area contributed by atoms with E-state index in [2.05, 4.69) is 52.4 Å². The number of aryl methyl sites for hydroxylation is 2. The molecule has 2 aromatic carbocycles. The molecule has 0 aliphatic carbocycles. The van der Waals surface area contributed by atoms with Crippen molar-refractivity contribution in [2.45, 2.75) is 32.1 Å². The molecule has 0 bridgehead atoms. The van der Waals surface area contributed by atoms with Crippen molar-refractivity contribution in [3.8, 4) is 5.69 Å². The van der Waals surface area contributed by atoms with E-state index in [1.165, 1.54) is 29.2 Å². The monoisotopic (exact) mass is 432 g/mol. The number of imidazole rings is 1. The van der Waals surface area contributed by atoms with Gasteiger partial charge in [-0.15, -0.1) is 0 Å². The van der Waals surface area contributed by atoms with Crippen molar-refractivity contribution >= 4 is 17.7 Å². The fourth-order valence-corrected chi connectivity index (χ4v) is 4.00. The van der Waals surface area contributed by atoms with Gasteiger partial charge >= 0.3 is 0 Å². The highest BCUT2D eigenvalue weighted by molar-refractivity contribution is 7.99. The van der Waals surface area contributed by atoms with Gasteiger partial charge in [0, 0.05) is 18.9 Å². The minimum absolute atomic E-state index is 0.0211. The fraction of sp³-hybridized carbons (Fsp3) is 0.217. The number of rotatable bonds is 8. The highest BCUT2D eigenvalue weighted by atomic mass is 32.2. The van der Waals surface area contributed by atoms with E-state index in [4.69, 9.17) is 0 Å². The molecule has 0 fully saturated rings. The van der Waals surface area contributed by atoms with Crippen LogP contribution in [0.2, 0.25) is 0 Å². The summed E-state index contributed by atoms with van der Waals surface area (Å²) in [6.07, 6.45) is 6.92. The Hall–Kier alpha value is -3.39. The molecule has 7 nitrogen and oxygen atoms in total. The van der Waals surface area contributed by atoms with Crippen molar-refractivity contribution in [2.75, 3.05) is 5.75 Å². The Morgan fingerprint density at radius 3 is 2.68 bits per heavy atom. The number of nitrogens with zero attached hydrogens (tertiary/aromatic N) is 5. The molecule has 8 heteroatoms. The third-order valence-electron chi connectivity index (χ3n) is 4.89. The summed E-state index contributed by atoms with van der Waals surface area (Å²) in [7, 11) is 0. The summed E-state index contributed by atoms with van der Waals surface area (Å²) in [6.45, 7) is 5.32. The van der Waals surface area contributed by atoms with E-state index in [-0.39, 0.29) is 5.91 Å². The number of carbonyl (C=O) groups excluding carboxylic acids is 1. The first-order chi connectivity index (χ1) is 15.1. The Balaban J connectivity index is 1.29. The van der Waals surface area contributed by atoms with E-state index in [1.54, 1.807) is 17.2 Å². The molecule has 1 N–H and O–H groups in total. The van der Waals surface area contributed by atoms with Crippen LogP contribution in [0.15, 0.2) is 72.7 Å². The zero-order valence-electron chi connectivity index (χ0n) is 17.5. The molecule has 0 saturated heterocycles. The summed E-state index contributed by atoms with van der Waals surface area (Å²) in [5, 5.41) is 7.90. The van der Waals surface area contributed by atoms with Gasteiger partial charge in [-0.1, -0.05) is 48.2 Å². The van der Waals surface area contributed by atoms with Crippen LogP contribution >= 0.6 is 11.8 Å². The number of nitrogens with one attached hydrogen (secondary N) is 1. The van der Waals surface area contributed by atoms with Gasteiger partial charge in [-0.3, -0.25) is 9.36 Å². The summed E-state index contributed by atoms with van der Waals surface area (Å²) in [5.41, 5.74) is 5.64. The van der Waals surface area contributed by atoms with Crippen LogP contribution in [0.5, 0.6) is 0 Å². The third-order valence-corrected chi connectivity index (χ3v) is 5.85. The molecular formula is C23H24N6OS. The lowest BCUT2D eigenvalue weighted by atomic mass is 10.1. The van der Waals surface area contributed by atoms with Gasteiger partial charge in [-0.2, -0.15) is 5.10 Å². The average molecular weight is 433 g/mol. The molecule has 0 aliphatic rings. The molecular weight excluding hydrogens is 408 g/mol. The van der Waals surface area contributed by atoms with Crippen molar-refractivity contribution in [1.29, 1.82) is 0 Å². The van der Waals surface area contributed by atoms with Gasteiger partial charge < -0.3 is 5.32 Å².